The van der Waals surface area contributed by atoms with Gasteiger partial charge in [-0.05, 0) is 19.9 Å². The number of aromatic nitrogens is 2. The lowest BCUT2D eigenvalue weighted by Gasteiger charge is -2.20. The van der Waals surface area contributed by atoms with E-state index >= 15 is 0 Å². The van der Waals surface area contributed by atoms with Crippen LogP contribution in [0.3, 0.4) is 0 Å². The first kappa shape index (κ1) is 14.0. The van der Waals surface area contributed by atoms with Gasteiger partial charge in [0, 0.05) is 38.2 Å². The van der Waals surface area contributed by atoms with E-state index in [1.54, 1.807) is 0 Å². The molecule has 0 radical (unpaired) electrons. The molecule has 106 valence electrons. The van der Waals surface area contributed by atoms with Gasteiger partial charge in [-0.2, -0.15) is 5.10 Å². The number of aliphatic hydroxyl groups is 1. The van der Waals surface area contributed by atoms with E-state index in [-0.39, 0.29) is 12.5 Å². The first-order chi connectivity index (χ1) is 8.98. The Kier molecular flexibility index (Phi) is 4.21. The predicted molar refractivity (Wildman–Crippen MR) is 69.7 cm³/mol. The molecule has 19 heavy (non-hydrogen) atoms. The van der Waals surface area contributed by atoms with Gasteiger partial charge < -0.3 is 15.2 Å². The Hall–Kier alpha value is -1.40. The molecule has 1 aromatic rings. The van der Waals surface area contributed by atoms with Crippen LogP contribution in [-0.4, -0.2) is 46.2 Å². The van der Waals surface area contributed by atoms with Gasteiger partial charge in [-0.1, -0.05) is 0 Å². The van der Waals surface area contributed by atoms with Crippen LogP contribution in [0.2, 0.25) is 0 Å². The second-order valence-corrected chi connectivity index (χ2v) is 5.20. The Balaban J connectivity index is 1.74. The SMILES string of the molecule is Cc1cc(C)n(CCC(=O)NCC2(O)CCOC2)n1. The highest BCUT2D eigenvalue weighted by molar-refractivity contribution is 5.75. The third kappa shape index (κ3) is 3.78. The zero-order valence-corrected chi connectivity index (χ0v) is 11.5. The third-order valence-corrected chi connectivity index (χ3v) is 3.35. The van der Waals surface area contributed by atoms with Gasteiger partial charge in [0.1, 0.15) is 5.60 Å². The summed E-state index contributed by atoms with van der Waals surface area (Å²) in [5.74, 6) is -0.0760. The first-order valence-corrected chi connectivity index (χ1v) is 6.56. The second-order valence-electron chi connectivity index (χ2n) is 5.20. The summed E-state index contributed by atoms with van der Waals surface area (Å²) in [6.45, 7) is 5.56. The Bertz CT molecular complexity index is 450. The maximum absolute atomic E-state index is 11.7. The molecule has 2 N–H and O–H groups in total. The highest BCUT2D eigenvalue weighted by atomic mass is 16.5. The van der Waals surface area contributed by atoms with Crippen molar-refractivity contribution in [3.8, 4) is 0 Å². The van der Waals surface area contributed by atoms with E-state index in [0.717, 1.165) is 11.4 Å². The van der Waals surface area contributed by atoms with Crippen molar-refractivity contribution in [1.82, 2.24) is 15.1 Å². The molecule has 0 bridgehead atoms. The van der Waals surface area contributed by atoms with Crippen LogP contribution >= 0.6 is 0 Å². The molecule has 1 amide bonds. The molecule has 0 spiro atoms. The van der Waals surface area contributed by atoms with Crippen LogP contribution in [-0.2, 0) is 16.1 Å². The summed E-state index contributed by atoms with van der Waals surface area (Å²) in [6.07, 6.45) is 0.934. The molecule has 1 unspecified atom stereocenters. The van der Waals surface area contributed by atoms with E-state index in [1.165, 1.54) is 0 Å². The minimum absolute atomic E-state index is 0.0760. The average Bonchev–Trinajstić information content (AvgIpc) is 2.91. The number of carbonyl (C=O) groups excluding carboxylic acids is 1. The van der Waals surface area contributed by atoms with Crippen LogP contribution in [0.4, 0.5) is 0 Å². The van der Waals surface area contributed by atoms with Crippen molar-refractivity contribution < 1.29 is 14.6 Å². The fourth-order valence-corrected chi connectivity index (χ4v) is 2.20. The molecule has 0 saturated carbocycles. The predicted octanol–water partition coefficient (Wildman–Crippen LogP) is 0.158. The van der Waals surface area contributed by atoms with Crippen molar-refractivity contribution in [1.29, 1.82) is 0 Å². The lowest BCUT2D eigenvalue weighted by Crippen LogP contribution is -2.43. The Morgan fingerprint density at radius 3 is 3.00 bits per heavy atom. The molecule has 0 aliphatic carbocycles. The second kappa shape index (κ2) is 5.71. The van der Waals surface area contributed by atoms with E-state index in [0.29, 0.717) is 32.6 Å². The molecule has 6 heteroatoms. The van der Waals surface area contributed by atoms with E-state index in [1.807, 2.05) is 24.6 Å². The highest BCUT2D eigenvalue weighted by Gasteiger charge is 2.32. The van der Waals surface area contributed by atoms with Crippen molar-refractivity contribution in [3.05, 3.63) is 17.5 Å². The van der Waals surface area contributed by atoms with Gasteiger partial charge in [-0.15, -0.1) is 0 Å². The van der Waals surface area contributed by atoms with Crippen LogP contribution in [0.25, 0.3) is 0 Å². The zero-order chi connectivity index (χ0) is 13.9. The van der Waals surface area contributed by atoms with Crippen molar-refractivity contribution in [2.45, 2.75) is 38.8 Å². The molecule has 2 rings (SSSR count). The Morgan fingerprint density at radius 2 is 2.42 bits per heavy atom. The van der Waals surface area contributed by atoms with Gasteiger partial charge in [-0.3, -0.25) is 9.48 Å². The summed E-state index contributed by atoms with van der Waals surface area (Å²) >= 11 is 0. The number of nitrogens with zero attached hydrogens (tertiary/aromatic N) is 2. The van der Waals surface area contributed by atoms with E-state index in [9.17, 15) is 9.90 Å². The summed E-state index contributed by atoms with van der Waals surface area (Å²) in [5.41, 5.74) is 1.11. The Morgan fingerprint density at radius 1 is 1.63 bits per heavy atom. The lowest BCUT2D eigenvalue weighted by molar-refractivity contribution is -0.122. The first-order valence-electron chi connectivity index (χ1n) is 6.56. The maximum atomic E-state index is 11.7. The largest absolute Gasteiger partial charge is 0.386 e. The van der Waals surface area contributed by atoms with Crippen LogP contribution in [0.1, 0.15) is 24.2 Å². The van der Waals surface area contributed by atoms with Crippen molar-refractivity contribution in [2.75, 3.05) is 19.8 Å². The molecule has 1 aliphatic heterocycles. The molecule has 1 fully saturated rings. The van der Waals surface area contributed by atoms with Crippen LogP contribution < -0.4 is 5.32 Å². The summed E-state index contributed by atoms with van der Waals surface area (Å²) in [7, 11) is 0. The van der Waals surface area contributed by atoms with Gasteiger partial charge in [-0.25, -0.2) is 0 Å². The number of aryl methyl sites for hydroxylation is 3. The maximum Gasteiger partial charge on any atom is 0.221 e. The van der Waals surface area contributed by atoms with E-state index in [2.05, 4.69) is 10.4 Å². The number of carbonyl (C=O) groups is 1. The Labute approximate surface area is 112 Å². The van der Waals surface area contributed by atoms with E-state index < -0.39 is 5.60 Å². The van der Waals surface area contributed by atoms with Crippen LogP contribution in [0.15, 0.2) is 6.07 Å². The van der Waals surface area contributed by atoms with Gasteiger partial charge in [0.05, 0.1) is 12.3 Å². The summed E-state index contributed by atoms with van der Waals surface area (Å²) < 4.78 is 6.95. The molecular formula is C13H21N3O3. The highest BCUT2D eigenvalue weighted by Crippen LogP contribution is 2.16. The molecule has 2 heterocycles. The van der Waals surface area contributed by atoms with Gasteiger partial charge in [0.2, 0.25) is 5.91 Å². The molecule has 1 aromatic heterocycles. The minimum Gasteiger partial charge on any atom is -0.386 e. The van der Waals surface area contributed by atoms with Crippen molar-refractivity contribution in [2.24, 2.45) is 0 Å². The van der Waals surface area contributed by atoms with Crippen molar-refractivity contribution >= 4 is 5.91 Å². The molecule has 1 saturated heterocycles. The van der Waals surface area contributed by atoms with Gasteiger partial charge >= 0.3 is 0 Å². The molecular weight excluding hydrogens is 246 g/mol. The number of hydrogen-bond donors (Lipinski definition) is 2. The van der Waals surface area contributed by atoms with Gasteiger partial charge in [0.15, 0.2) is 0 Å². The number of amides is 1. The fraction of sp³-hybridized carbons (Fsp3) is 0.692. The molecule has 1 atom stereocenters. The quantitative estimate of drug-likeness (QED) is 0.796. The lowest BCUT2D eigenvalue weighted by atomic mass is 10.0. The number of nitrogens with one attached hydrogen (secondary N) is 1. The summed E-state index contributed by atoms with van der Waals surface area (Å²) in [6, 6.07) is 1.98. The van der Waals surface area contributed by atoms with Crippen LogP contribution in [0.5, 0.6) is 0 Å². The summed E-state index contributed by atoms with van der Waals surface area (Å²) in [5, 5.41) is 17.1. The molecule has 1 aliphatic rings. The average molecular weight is 267 g/mol. The van der Waals surface area contributed by atoms with Gasteiger partial charge in [0.25, 0.3) is 0 Å². The molecule has 0 aromatic carbocycles. The zero-order valence-electron chi connectivity index (χ0n) is 11.5. The molecule has 6 nitrogen and oxygen atoms in total. The topological polar surface area (TPSA) is 76.4 Å². The number of ether oxygens (including phenoxy) is 1. The summed E-state index contributed by atoms with van der Waals surface area (Å²) in [4.78, 5) is 11.7. The van der Waals surface area contributed by atoms with E-state index in [4.69, 9.17) is 4.74 Å². The smallest absolute Gasteiger partial charge is 0.221 e. The fourth-order valence-electron chi connectivity index (χ4n) is 2.20. The standard InChI is InChI=1S/C13H21N3O3/c1-10-7-11(2)16(15-10)5-3-12(17)14-8-13(18)4-6-19-9-13/h7,18H,3-6,8-9H2,1-2H3,(H,14,17). The number of hydrogen-bond acceptors (Lipinski definition) is 4. The minimum atomic E-state index is -0.895. The van der Waals surface area contributed by atoms with Crippen molar-refractivity contribution in [3.63, 3.8) is 0 Å². The monoisotopic (exact) mass is 267 g/mol. The van der Waals surface area contributed by atoms with Crippen LogP contribution in [0, 0.1) is 13.8 Å². The number of rotatable bonds is 5. The normalized spacial score (nSPS) is 22.7. The third-order valence-electron chi connectivity index (χ3n) is 3.35.